The number of hydrogen-bond donors (Lipinski definition) is 2. The average molecular weight is 370 g/mol. The number of amides is 2. The van der Waals surface area contributed by atoms with Gasteiger partial charge in [-0.05, 0) is 43.3 Å². The van der Waals surface area contributed by atoms with Gasteiger partial charge in [0.2, 0.25) is 0 Å². The van der Waals surface area contributed by atoms with Gasteiger partial charge in [0.25, 0.3) is 14.7 Å². The third-order valence-electron chi connectivity index (χ3n) is 3.05. The molecule has 10 heteroatoms. The first-order valence-corrected chi connectivity index (χ1v) is 8.85. The molecule has 2 aromatic carbocycles. The Morgan fingerprint density at radius 1 is 1.08 bits per heavy atom. The third-order valence-corrected chi connectivity index (χ3v) is 4.41. The summed E-state index contributed by atoms with van der Waals surface area (Å²) in [6, 6.07) is 8.89. The first-order chi connectivity index (χ1) is 11.2. The molecule has 0 unspecified atom stereocenters. The molecule has 0 aromatic heterocycles. The molecule has 2 rings (SSSR count). The Labute approximate surface area is 142 Å². The highest BCUT2D eigenvalue weighted by Crippen LogP contribution is 2.22. The number of urea groups is 1. The zero-order chi connectivity index (χ0) is 17.9. The van der Waals surface area contributed by atoms with Crippen LogP contribution in [-0.4, -0.2) is 19.4 Å². The first kappa shape index (κ1) is 17.7. The van der Waals surface area contributed by atoms with E-state index in [1.165, 1.54) is 42.5 Å². The summed E-state index contributed by atoms with van der Waals surface area (Å²) in [7, 11) is 1.37. The van der Waals surface area contributed by atoms with E-state index >= 15 is 0 Å². The van der Waals surface area contributed by atoms with Gasteiger partial charge in [-0.2, -0.15) is 0 Å². The Kier molecular flexibility index (Phi) is 5.05. The fourth-order valence-corrected chi connectivity index (χ4v) is 2.70. The normalized spacial score (nSPS) is 10.9. The van der Waals surface area contributed by atoms with Crippen molar-refractivity contribution in [2.24, 2.45) is 0 Å². The van der Waals surface area contributed by atoms with E-state index in [1.54, 1.807) is 6.92 Å². The lowest BCUT2D eigenvalue weighted by molar-refractivity contribution is -0.385. The zero-order valence-corrected chi connectivity index (χ0v) is 13.9. The molecule has 0 bridgehead atoms. The summed E-state index contributed by atoms with van der Waals surface area (Å²) in [4.78, 5) is 22.1. The van der Waals surface area contributed by atoms with Crippen molar-refractivity contribution in [3.63, 3.8) is 0 Å². The molecule has 0 radical (unpaired) electrons. The highest BCUT2D eigenvalue weighted by atomic mass is 35.7. The van der Waals surface area contributed by atoms with E-state index in [0.29, 0.717) is 16.9 Å². The van der Waals surface area contributed by atoms with Gasteiger partial charge in [0.05, 0.1) is 9.82 Å². The topological polar surface area (TPSA) is 118 Å². The maximum absolute atomic E-state index is 11.9. The van der Waals surface area contributed by atoms with Crippen molar-refractivity contribution < 1.29 is 18.1 Å². The van der Waals surface area contributed by atoms with E-state index in [1.807, 2.05) is 0 Å². The number of nitro benzene ring substituents is 1. The van der Waals surface area contributed by atoms with Crippen LogP contribution in [0.5, 0.6) is 0 Å². The van der Waals surface area contributed by atoms with E-state index in [9.17, 15) is 23.3 Å². The number of nitrogens with zero attached hydrogens (tertiary/aromatic N) is 1. The van der Waals surface area contributed by atoms with Gasteiger partial charge in [-0.1, -0.05) is 0 Å². The number of nitrogens with one attached hydrogen (secondary N) is 2. The molecule has 2 amide bonds. The number of halogens is 1. The molecule has 0 spiro atoms. The van der Waals surface area contributed by atoms with E-state index in [4.69, 9.17) is 10.7 Å². The maximum atomic E-state index is 11.9. The lowest BCUT2D eigenvalue weighted by Crippen LogP contribution is -2.19. The van der Waals surface area contributed by atoms with Gasteiger partial charge in [0, 0.05) is 33.7 Å². The van der Waals surface area contributed by atoms with Gasteiger partial charge in [-0.25, -0.2) is 13.2 Å². The Bertz CT molecular complexity index is 897. The number of hydrogen-bond acceptors (Lipinski definition) is 5. The molecule has 0 saturated heterocycles. The van der Waals surface area contributed by atoms with Crippen molar-refractivity contribution >= 4 is 42.8 Å². The molecule has 0 aliphatic rings. The maximum Gasteiger partial charge on any atom is 0.323 e. The summed E-state index contributed by atoms with van der Waals surface area (Å²) >= 11 is 0. The van der Waals surface area contributed by atoms with Crippen molar-refractivity contribution in [1.82, 2.24) is 0 Å². The van der Waals surface area contributed by atoms with Gasteiger partial charge >= 0.3 is 6.03 Å². The van der Waals surface area contributed by atoms with E-state index < -0.39 is 20.0 Å². The van der Waals surface area contributed by atoms with Gasteiger partial charge in [0.15, 0.2) is 0 Å². The van der Waals surface area contributed by atoms with Crippen LogP contribution in [0.2, 0.25) is 0 Å². The third kappa shape index (κ3) is 4.43. The second kappa shape index (κ2) is 6.85. The van der Waals surface area contributed by atoms with Crippen LogP contribution >= 0.6 is 10.7 Å². The molecular weight excluding hydrogens is 358 g/mol. The van der Waals surface area contributed by atoms with Crippen LogP contribution in [0.25, 0.3) is 0 Å². The van der Waals surface area contributed by atoms with Gasteiger partial charge < -0.3 is 10.6 Å². The Balaban J connectivity index is 2.06. The molecule has 0 heterocycles. The van der Waals surface area contributed by atoms with Gasteiger partial charge in [-0.3, -0.25) is 10.1 Å². The van der Waals surface area contributed by atoms with Crippen molar-refractivity contribution in [3.05, 3.63) is 58.1 Å². The molecule has 2 aromatic rings. The molecule has 2 N–H and O–H groups in total. The zero-order valence-electron chi connectivity index (χ0n) is 12.3. The van der Waals surface area contributed by atoms with E-state index in [2.05, 4.69) is 10.6 Å². The molecule has 0 saturated carbocycles. The van der Waals surface area contributed by atoms with Crippen LogP contribution in [0.3, 0.4) is 0 Å². The average Bonchev–Trinajstić information content (AvgIpc) is 2.46. The molecular formula is C14H12ClN3O5S. The first-order valence-electron chi connectivity index (χ1n) is 6.54. The number of carbonyl (C=O) groups is 1. The summed E-state index contributed by atoms with van der Waals surface area (Å²) in [6.07, 6.45) is 0. The SMILES string of the molecule is Cc1cc(NC(=O)Nc2ccc(S(=O)(=O)Cl)cc2)ccc1[N+](=O)[O-]. The Hall–Kier alpha value is -2.65. The number of nitro groups is 1. The van der Waals surface area contributed by atoms with Crippen molar-refractivity contribution in [2.45, 2.75) is 11.8 Å². The van der Waals surface area contributed by atoms with Crippen molar-refractivity contribution in [2.75, 3.05) is 10.6 Å². The van der Waals surface area contributed by atoms with E-state index in [-0.39, 0.29) is 10.6 Å². The summed E-state index contributed by atoms with van der Waals surface area (Å²) in [5.74, 6) is 0. The van der Waals surface area contributed by atoms with Crippen molar-refractivity contribution in [3.8, 4) is 0 Å². The highest BCUT2D eigenvalue weighted by molar-refractivity contribution is 8.13. The molecule has 126 valence electrons. The summed E-state index contributed by atoms with van der Waals surface area (Å²) < 4.78 is 22.3. The van der Waals surface area contributed by atoms with Crippen LogP contribution in [0.4, 0.5) is 21.9 Å². The number of rotatable bonds is 4. The minimum atomic E-state index is -3.82. The predicted molar refractivity (Wildman–Crippen MR) is 90.0 cm³/mol. The second-order valence-corrected chi connectivity index (χ2v) is 7.37. The largest absolute Gasteiger partial charge is 0.323 e. The van der Waals surface area contributed by atoms with Gasteiger partial charge in [0.1, 0.15) is 0 Å². The summed E-state index contributed by atoms with van der Waals surface area (Å²) in [6.45, 7) is 1.56. The fourth-order valence-electron chi connectivity index (χ4n) is 1.93. The standard InChI is InChI=1S/C14H12ClN3O5S/c1-9-8-11(4-7-13(9)18(20)21)17-14(19)16-10-2-5-12(6-3-10)24(15,22)23/h2-8H,1H3,(H2,16,17,19). The minimum Gasteiger partial charge on any atom is -0.308 e. The molecule has 24 heavy (non-hydrogen) atoms. The predicted octanol–water partition coefficient (Wildman–Crippen LogP) is 3.47. The molecule has 0 fully saturated rings. The lowest BCUT2D eigenvalue weighted by Gasteiger charge is -2.08. The summed E-state index contributed by atoms with van der Waals surface area (Å²) in [5, 5.41) is 15.8. The van der Waals surface area contributed by atoms with Gasteiger partial charge in [-0.15, -0.1) is 0 Å². The van der Waals surface area contributed by atoms with Crippen LogP contribution in [0.15, 0.2) is 47.4 Å². The Morgan fingerprint density at radius 3 is 2.12 bits per heavy atom. The fraction of sp³-hybridized carbons (Fsp3) is 0.0714. The summed E-state index contributed by atoms with van der Waals surface area (Å²) in [5.41, 5.74) is 1.11. The highest BCUT2D eigenvalue weighted by Gasteiger charge is 2.12. The van der Waals surface area contributed by atoms with Crippen LogP contribution in [0.1, 0.15) is 5.56 Å². The number of aryl methyl sites for hydroxylation is 1. The van der Waals surface area contributed by atoms with Crippen LogP contribution < -0.4 is 10.6 Å². The molecule has 0 aliphatic carbocycles. The number of carbonyl (C=O) groups excluding carboxylic acids is 1. The molecule has 8 nitrogen and oxygen atoms in total. The second-order valence-electron chi connectivity index (χ2n) is 4.80. The minimum absolute atomic E-state index is 0.0427. The van der Waals surface area contributed by atoms with Crippen LogP contribution in [0, 0.1) is 17.0 Å². The van der Waals surface area contributed by atoms with Crippen molar-refractivity contribution in [1.29, 1.82) is 0 Å². The smallest absolute Gasteiger partial charge is 0.308 e. The lowest BCUT2D eigenvalue weighted by atomic mass is 10.2. The quantitative estimate of drug-likeness (QED) is 0.486. The molecule has 0 atom stereocenters. The van der Waals surface area contributed by atoms with Crippen LogP contribution in [-0.2, 0) is 9.05 Å². The Morgan fingerprint density at radius 2 is 1.62 bits per heavy atom. The van der Waals surface area contributed by atoms with E-state index in [0.717, 1.165) is 0 Å². The number of anilines is 2. The molecule has 0 aliphatic heterocycles. The monoisotopic (exact) mass is 369 g/mol. The number of benzene rings is 2.